The van der Waals surface area contributed by atoms with Gasteiger partial charge in [0.2, 0.25) is 4.96 Å². The molecular formula is C15H14BrN3O2S. The van der Waals surface area contributed by atoms with E-state index in [-0.39, 0.29) is 5.56 Å². The van der Waals surface area contributed by atoms with Crippen molar-refractivity contribution < 1.29 is 4.74 Å². The van der Waals surface area contributed by atoms with E-state index in [4.69, 9.17) is 4.74 Å². The van der Waals surface area contributed by atoms with Crippen molar-refractivity contribution in [2.75, 3.05) is 0 Å². The molecular weight excluding hydrogens is 366 g/mol. The van der Waals surface area contributed by atoms with E-state index in [1.807, 2.05) is 32.9 Å². The smallest absolute Gasteiger partial charge is 0.299 e. The van der Waals surface area contributed by atoms with Crippen LogP contribution in [-0.2, 0) is 6.42 Å². The van der Waals surface area contributed by atoms with E-state index in [0.717, 1.165) is 21.3 Å². The lowest BCUT2D eigenvalue weighted by atomic mass is 10.1. The van der Waals surface area contributed by atoms with E-state index < -0.39 is 0 Å². The highest BCUT2D eigenvalue weighted by Gasteiger charge is 2.12. The first kappa shape index (κ1) is 15.2. The van der Waals surface area contributed by atoms with Gasteiger partial charge in [0.25, 0.3) is 10.8 Å². The van der Waals surface area contributed by atoms with Crippen molar-refractivity contribution >= 4 is 32.2 Å². The third-order valence-corrected chi connectivity index (χ3v) is 4.94. The number of benzene rings is 1. The third-order valence-electron chi connectivity index (χ3n) is 3.30. The van der Waals surface area contributed by atoms with Gasteiger partial charge in [0.1, 0.15) is 5.75 Å². The molecule has 1 aromatic carbocycles. The Morgan fingerprint density at radius 2 is 2.05 bits per heavy atom. The van der Waals surface area contributed by atoms with Crippen LogP contribution in [0.2, 0.25) is 0 Å². The lowest BCUT2D eigenvalue weighted by molar-refractivity contribution is 0.465. The molecule has 0 aliphatic carbocycles. The number of aromatic nitrogens is 3. The number of aryl methyl sites for hydroxylation is 3. The molecule has 0 saturated carbocycles. The van der Waals surface area contributed by atoms with Crippen LogP contribution in [0, 0.1) is 13.8 Å². The van der Waals surface area contributed by atoms with Gasteiger partial charge in [0.15, 0.2) is 0 Å². The van der Waals surface area contributed by atoms with Crippen LogP contribution in [0.4, 0.5) is 0 Å². The van der Waals surface area contributed by atoms with Gasteiger partial charge in [-0.2, -0.15) is 4.52 Å². The third kappa shape index (κ3) is 2.78. The first-order valence-electron chi connectivity index (χ1n) is 6.82. The molecule has 3 aromatic rings. The summed E-state index contributed by atoms with van der Waals surface area (Å²) in [4.78, 5) is 16.9. The Labute approximate surface area is 139 Å². The molecule has 0 spiro atoms. The summed E-state index contributed by atoms with van der Waals surface area (Å²) in [6, 6.07) is 5.45. The van der Waals surface area contributed by atoms with Crippen LogP contribution in [0.25, 0.3) is 4.96 Å². The molecule has 0 atom stereocenters. The van der Waals surface area contributed by atoms with Crippen molar-refractivity contribution in [3.05, 3.63) is 49.8 Å². The molecule has 0 saturated heterocycles. The molecule has 0 aliphatic rings. The summed E-state index contributed by atoms with van der Waals surface area (Å²) in [5.41, 5.74) is 2.72. The number of hydrogen-bond acceptors (Lipinski definition) is 5. The maximum Gasteiger partial charge on any atom is 0.299 e. The predicted molar refractivity (Wildman–Crippen MR) is 90.2 cm³/mol. The Hall–Kier alpha value is -1.73. The van der Waals surface area contributed by atoms with E-state index >= 15 is 0 Å². The van der Waals surface area contributed by atoms with E-state index in [1.165, 1.54) is 21.9 Å². The summed E-state index contributed by atoms with van der Waals surface area (Å²) in [5, 5.41) is 4.60. The van der Waals surface area contributed by atoms with E-state index in [9.17, 15) is 4.79 Å². The lowest BCUT2D eigenvalue weighted by Gasteiger charge is -2.07. The Morgan fingerprint density at radius 1 is 1.27 bits per heavy atom. The number of nitrogens with zero attached hydrogens (tertiary/aromatic N) is 3. The SMILES string of the molecule is CCc1cc(=O)n2nc(Oc3cc(Br)c(C)cc3C)sc2n1. The average molecular weight is 380 g/mol. The number of fused-ring (bicyclic) bond motifs is 1. The van der Waals surface area contributed by atoms with Crippen LogP contribution in [0.5, 0.6) is 10.9 Å². The van der Waals surface area contributed by atoms with Crippen LogP contribution < -0.4 is 10.3 Å². The van der Waals surface area contributed by atoms with Crippen molar-refractivity contribution in [1.82, 2.24) is 14.6 Å². The molecule has 0 aliphatic heterocycles. The molecule has 0 amide bonds. The Kier molecular flexibility index (Phi) is 4.01. The van der Waals surface area contributed by atoms with Gasteiger partial charge in [-0.3, -0.25) is 4.79 Å². The minimum Gasteiger partial charge on any atom is -0.429 e. The van der Waals surface area contributed by atoms with Crippen molar-refractivity contribution in [1.29, 1.82) is 0 Å². The summed E-state index contributed by atoms with van der Waals surface area (Å²) in [7, 11) is 0. The first-order valence-corrected chi connectivity index (χ1v) is 8.43. The number of hydrogen-bond donors (Lipinski definition) is 0. The summed E-state index contributed by atoms with van der Waals surface area (Å²) in [6.45, 7) is 5.96. The minimum atomic E-state index is -0.185. The zero-order valence-electron chi connectivity index (χ0n) is 12.4. The molecule has 5 nitrogen and oxygen atoms in total. The molecule has 114 valence electrons. The van der Waals surface area contributed by atoms with E-state index in [0.29, 0.717) is 22.3 Å². The summed E-state index contributed by atoms with van der Waals surface area (Å²) in [6.07, 6.45) is 0.712. The quantitative estimate of drug-likeness (QED) is 0.692. The number of halogens is 1. The van der Waals surface area contributed by atoms with E-state index in [1.54, 1.807) is 0 Å². The normalized spacial score (nSPS) is 11.1. The summed E-state index contributed by atoms with van der Waals surface area (Å²) >= 11 is 4.75. The molecule has 0 unspecified atom stereocenters. The number of rotatable bonds is 3. The van der Waals surface area contributed by atoms with Gasteiger partial charge in [0, 0.05) is 16.2 Å². The average Bonchev–Trinajstić information content (AvgIpc) is 2.87. The Morgan fingerprint density at radius 3 is 2.77 bits per heavy atom. The topological polar surface area (TPSA) is 56.5 Å². The maximum absolute atomic E-state index is 12.0. The van der Waals surface area contributed by atoms with Gasteiger partial charge < -0.3 is 4.74 Å². The standard InChI is InChI=1S/C15H14BrN3O2S/c1-4-10-6-13(20)19-14(17-10)22-15(18-19)21-12-7-11(16)8(2)5-9(12)3/h5-7H,4H2,1-3H3. The van der Waals surface area contributed by atoms with Gasteiger partial charge >= 0.3 is 0 Å². The first-order chi connectivity index (χ1) is 10.5. The Balaban J connectivity index is 2.03. The fraction of sp³-hybridized carbons (Fsp3) is 0.267. The zero-order chi connectivity index (χ0) is 15.9. The zero-order valence-corrected chi connectivity index (χ0v) is 14.8. The number of ether oxygens (including phenoxy) is 1. The van der Waals surface area contributed by atoms with Gasteiger partial charge in [0.05, 0.1) is 0 Å². The van der Waals surface area contributed by atoms with Crippen molar-refractivity contribution in [3.63, 3.8) is 0 Å². The maximum atomic E-state index is 12.0. The fourth-order valence-corrected chi connectivity index (χ4v) is 3.19. The van der Waals surface area contributed by atoms with Crippen LogP contribution in [0.15, 0.2) is 27.5 Å². The fourth-order valence-electron chi connectivity index (χ4n) is 2.07. The minimum absolute atomic E-state index is 0.185. The van der Waals surface area contributed by atoms with Gasteiger partial charge in [-0.05, 0) is 48.8 Å². The van der Waals surface area contributed by atoms with Crippen molar-refractivity contribution in [3.8, 4) is 10.9 Å². The molecule has 0 fully saturated rings. The van der Waals surface area contributed by atoms with Crippen LogP contribution in [0.3, 0.4) is 0 Å². The predicted octanol–water partition coefficient (Wildman–Crippen LogP) is 3.89. The summed E-state index contributed by atoms with van der Waals surface area (Å²) in [5.74, 6) is 0.709. The summed E-state index contributed by atoms with van der Waals surface area (Å²) < 4.78 is 8.08. The second-order valence-electron chi connectivity index (χ2n) is 4.97. The van der Waals surface area contributed by atoms with Crippen molar-refractivity contribution in [2.45, 2.75) is 27.2 Å². The monoisotopic (exact) mass is 379 g/mol. The molecule has 3 rings (SSSR count). The molecule has 0 N–H and O–H groups in total. The van der Waals surface area contributed by atoms with Gasteiger partial charge in [-0.15, -0.1) is 5.10 Å². The molecule has 2 aromatic heterocycles. The molecule has 7 heteroatoms. The van der Waals surface area contributed by atoms with Crippen LogP contribution in [0.1, 0.15) is 23.7 Å². The highest BCUT2D eigenvalue weighted by molar-refractivity contribution is 9.10. The van der Waals surface area contributed by atoms with E-state index in [2.05, 4.69) is 26.0 Å². The molecule has 22 heavy (non-hydrogen) atoms. The van der Waals surface area contributed by atoms with Crippen LogP contribution in [-0.4, -0.2) is 14.6 Å². The van der Waals surface area contributed by atoms with Crippen molar-refractivity contribution in [2.24, 2.45) is 0 Å². The second-order valence-corrected chi connectivity index (χ2v) is 6.74. The highest BCUT2D eigenvalue weighted by atomic mass is 79.9. The molecule has 2 heterocycles. The van der Waals surface area contributed by atoms with Gasteiger partial charge in [-0.1, -0.05) is 28.9 Å². The van der Waals surface area contributed by atoms with Crippen LogP contribution >= 0.6 is 27.3 Å². The molecule has 0 radical (unpaired) electrons. The highest BCUT2D eigenvalue weighted by Crippen LogP contribution is 2.32. The Bertz CT molecular complexity index is 917. The lowest BCUT2D eigenvalue weighted by Crippen LogP contribution is -2.14. The van der Waals surface area contributed by atoms with Gasteiger partial charge in [-0.25, -0.2) is 4.98 Å². The molecule has 0 bridgehead atoms. The largest absolute Gasteiger partial charge is 0.429 e. The second kappa shape index (κ2) is 5.81.